The van der Waals surface area contributed by atoms with Gasteiger partial charge in [0.25, 0.3) is 0 Å². The van der Waals surface area contributed by atoms with E-state index in [1.54, 1.807) is 0 Å². The molecule has 1 N–H and O–H groups in total. The van der Waals surface area contributed by atoms with Crippen molar-refractivity contribution < 1.29 is 26.3 Å². The average Bonchev–Trinajstić information content (AvgIpc) is 2.37. The molecule has 0 aliphatic rings. The van der Waals surface area contributed by atoms with Crippen LogP contribution in [0.5, 0.6) is 0 Å². The van der Waals surface area contributed by atoms with Gasteiger partial charge in [-0.2, -0.15) is 36.5 Å². The minimum atomic E-state index is -4.65. The number of rotatable bonds is 2. The normalized spacial score (nSPS) is 12.3. The standard InChI is InChI=1S/C10H5F6N5/c11-9(12,13)5-1-7(20-17-3-5)19-8-2-6(4-18-21-8)10(14,15)16/h1-4H,(H,19,20,21). The van der Waals surface area contributed by atoms with Gasteiger partial charge < -0.3 is 5.32 Å². The first kappa shape index (κ1) is 14.9. The molecule has 2 aromatic rings. The van der Waals surface area contributed by atoms with Crippen LogP contribution in [0.3, 0.4) is 0 Å². The molecular formula is C10H5F6N5. The third-order valence-electron chi connectivity index (χ3n) is 2.22. The second-order valence-corrected chi connectivity index (χ2v) is 3.78. The summed E-state index contributed by atoms with van der Waals surface area (Å²) in [5.74, 6) is -0.808. The number of aromatic nitrogens is 4. The fourth-order valence-electron chi connectivity index (χ4n) is 1.30. The highest BCUT2D eigenvalue weighted by molar-refractivity contribution is 5.52. The summed E-state index contributed by atoms with van der Waals surface area (Å²) in [5, 5.41) is 15.1. The summed E-state index contributed by atoms with van der Waals surface area (Å²) in [6, 6.07) is 1.18. The van der Waals surface area contributed by atoms with Crippen LogP contribution in [0.4, 0.5) is 38.0 Å². The molecule has 0 bridgehead atoms. The van der Waals surface area contributed by atoms with E-state index in [9.17, 15) is 26.3 Å². The molecule has 21 heavy (non-hydrogen) atoms. The van der Waals surface area contributed by atoms with Crippen molar-refractivity contribution in [2.75, 3.05) is 5.32 Å². The molecule has 0 aromatic carbocycles. The molecule has 112 valence electrons. The van der Waals surface area contributed by atoms with E-state index < -0.39 is 35.1 Å². The van der Waals surface area contributed by atoms with Gasteiger partial charge >= 0.3 is 12.4 Å². The monoisotopic (exact) mass is 309 g/mol. The second-order valence-electron chi connectivity index (χ2n) is 3.78. The predicted molar refractivity (Wildman–Crippen MR) is 57.4 cm³/mol. The number of hydrogen-bond acceptors (Lipinski definition) is 5. The minimum absolute atomic E-state index is 0.404. The maximum atomic E-state index is 12.5. The Morgan fingerprint density at radius 3 is 1.43 bits per heavy atom. The molecule has 0 saturated carbocycles. The van der Waals surface area contributed by atoms with Crippen LogP contribution in [0.15, 0.2) is 24.5 Å². The summed E-state index contributed by atoms with van der Waals surface area (Å²) in [7, 11) is 0. The zero-order chi connectivity index (χ0) is 15.7. The first-order valence-electron chi connectivity index (χ1n) is 5.23. The summed E-state index contributed by atoms with van der Waals surface area (Å²) in [6.07, 6.45) is -8.32. The molecule has 2 aromatic heterocycles. The van der Waals surface area contributed by atoms with E-state index >= 15 is 0 Å². The molecule has 0 atom stereocenters. The van der Waals surface area contributed by atoms with Crippen LogP contribution in [0.25, 0.3) is 0 Å². The van der Waals surface area contributed by atoms with Crippen LogP contribution in [-0.4, -0.2) is 20.4 Å². The number of anilines is 2. The fraction of sp³-hybridized carbons (Fsp3) is 0.200. The van der Waals surface area contributed by atoms with Crippen molar-refractivity contribution in [3.05, 3.63) is 35.7 Å². The zero-order valence-electron chi connectivity index (χ0n) is 9.87. The molecule has 0 unspecified atom stereocenters. The van der Waals surface area contributed by atoms with Crippen molar-refractivity contribution in [2.45, 2.75) is 12.4 Å². The SMILES string of the molecule is FC(F)(F)c1cnnc(Nc2cc(C(F)(F)F)cnn2)c1. The molecule has 0 spiro atoms. The van der Waals surface area contributed by atoms with Crippen LogP contribution >= 0.6 is 0 Å². The van der Waals surface area contributed by atoms with E-state index in [1.165, 1.54) is 0 Å². The molecule has 0 saturated heterocycles. The van der Waals surface area contributed by atoms with Gasteiger partial charge in [-0.1, -0.05) is 0 Å². The predicted octanol–water partition coefficient (Wildman–Crippen LogP) is 3.05. The lowest BCUT2D eigenvalue weighted by Crippen LogP contribution is -2.09. The van der Waals surface area contributed by atoms with Crippen LogP contribution < -0.4 is 5.32 Å². The highest BCUT2D eigenvalue weighted by atomic mass is 19.4. The zero-order valence-corrected chi connectivity index (χ0v) is 9.87. The Morgan fingerprint density at radius 1 is 0.714 bits per heavy atom. The van der Waals surface area contributed by atoms with Gasteiger partial charge in [-0.25, -0.2) is 0 Å². The Labute approximate surface area is 113 Å². The number of nitrogens with one attached hydrogen (secondary N) is 1. The maximum absolute atomic E-state index is 12.5. The van der Waals surface area contributed by atoms with E-state index in [1.807, 2.05) is 0 Å². The van der Waals surface area contributed by atoms with Gasteiger partial charge in [-0.15, -0.1) is 10.2 Å². The molecule has 0 fully saturated rings. The van der Waals surface area contributed by atoms with Crippen LogP contribution in [-0.2, 0) is 12.4 Å². The molecule has 0 radical (unpaired) electrons. The fourth-order valence-corrected chi connectivity index (χ4v) is 1.30. The van der Waals surface area contributed by atoms with E-state index in [-0.39, 0.29) is 0 Å². The lowest BCUT2D eigenvalue weighted by molar-refractivity contribution is -0.138. The highest BCUT2D eigenvalue weighted by Crippen LogP contribution is 2.31. The summed E-state index contributed by atoms with van der Waals surface area (Å²) in [5.41, 5.74) is -2.19. The first-order chi connectivity index (χ1) is 9.66. The minimum Gasteiger partial charge on any atom is -0.322 e. The Hall–Kier alpha value is -2.46. The van der Waals surface area contributed by atoms with Crippen molar-refractivity contribution in [2.24, 2.45) is 0 Å². The molecule has 2 heterocycles. The van der Waals surface area contributed by atoms with Crippen LogP contribution in [0.1, 0.15) is 11.1 Å². The summed E-state index contributed by atoms with van der Waals surface area (Å²) in [4.78, 5) is 0. The summed E-state index contributed by atoms with van der Waals surface area (Å²) < 4.78 is 74.7. The van der Waals surface area contributed by atoms with Gasteiger partial charge in [0.2, 0.25) is 0 Å². The van der Waals surface area contributed by atoms with Crippen LogP contribution in [0, 0.1) is 0 Å². The van der Waals surface area contributed by atoms with Gasteiger partial charge in [-0.05, 0) is 12.1 Å². The molecule has 0 aliphatic carbocycles. The molecule has 5 nitrogen and oxygen atoms in total. The Kier molecular flexibility index (Phi) is 3.66. The van der Waals surface area contributed by atoms with Crippen molar-refractivity contribution in [1.29, 1.82) is 0 Å². The molecule has 0 aliphatic heterocycles. The third kappa shape index (κ3) is 3.77. The first-order valence-corrected chi connectivity index (χ1v) is 5.23. The summed E-state index contributed by atoms with van der Waals surface area (Å²) >= 11 is 0. The second kappa shape index (κ2) is 5.14. The van der Waals surface area contributed by atoms with E-state index in [0.29, 0.717) is 24.5 Å². The van der Waals surface area contributed by atoms with E-state index in [0.717, 1.165) is 0 Å². The Balaban J connectivity index is 2.27. The molecule has 2 rings (SSSR count). The van der Waals surface area contributed by atoms with E-state index in [2.05, 4.69) is 25.7 Å². The number of halogens is 6. The van der Waals surface area contributed by atoms with Gasteiger partial charge in [-0.3, -0.25) is 0 Å². The van der Waals surface area contributed by atoms with Gasteiger partial charge in [0.15, 0.2) is 11.6 Å². The quantitative estimate of drug-likeness (QED) is 0.864. The molecule has 0 amide bonds. The van der Waals surface area contributed by atoms with Gasteiger partial charge in [0.05, 0.1) is 23.5 Å². The van der Waals surface area contributed by atoms with Crippen molar-refractivity contribution in [3.63, 3.8) is 0 Å². The van der Waals surface area contributed by atoms with Crippen molar-refractivity contribution in [1.82, 2.24) is 20.4 Å². The average molecular weight is 309 g/mol. The number of alkyl halides is 6. The molecule has 11 heteroatoms. The smallest absolute Gasteiger partial charge is 0.322 e. The van der Waals surface area contributed by atoms with Crippen molar-refractivity contribution in [3.8, 4) is 0 Å². The highest BCUT2D eigenvalue weighted by Gasteiger charge is 2.32. The number of hydrogen-bond donors (Lipinski definition) is 1. The summed E-state index contributed by atoms with van der Waals surface area (Å²) in [6.45, 7) is 0. The van der Waals surface area contributed by atoms with Crippen molar-refractivity contribution >= 4 is 11.6 Å². The van der Waals surface area contributed by atoms with E-state index in [4.69, 9.17) is 0 Å². The topological polar surface area (TPSA) is 63.6 Å². The third-order valence-corrected chi connectivity index (χ3v) is 2.22. The number of nitrogens with zero attached hydrogens (tertiary/aromatic N) is 4. The lowest BCUT2D eigenvalue weighted by Gasteiger charge is -2.09. The molecular weight excluding hydrogens is 304 g/mol. The van der Waals surface area contributed by atoms with Gasteiger partial charge in [0.1, 0.15) is 0 Å². The Bertz CT molecular complexity index is 583. The Morgan fingerprint density at radius 2 is 1.10 bits per heavy atom. The van der Waals surface area contributed by atoms with Gasteiger partial charge in [0, 0.05) is 0 Å². The largest absolute Gasteiger partial charge is 0.418 e. The maximum Gasteiger partial charge on any atom is 0.418 e. The van der Waals surface area contributed by atoms with Crippen LogP contribution in [0.2, 0.25) is 0 Å². The lowest BCUT2D eigenvalue weighted by atomic mass is 10.3.